The first kappa shape index (κ1) is 16.0. The van der Waals surface area contributed by atoms with E-state index < -0.39 is 20.9 Å². The zero-order valence-electron chi connectivity index (χ0n) is 10.7. The lowest BCUT2D eigenvalue weighted by Crippen LogP contribution is -2.26. The fraction of sp³-hybridized carbons (Fsp3) is 0.417. The first-order chi connectivity index (χ1) is 9.75. The maximum absolute atomic E-state index is 12.1. The van der Waals surface area contributed by atoms with E-state index in [9.17, 15) is 22.0 Å². The molecular formula is C12H12ClF2NO4S. The molecule has 0 bridgehead atoms. The maximum atomic E-state index is 12.1. The van der Waals surface area contributed by atoms with Gasteiger partial charge in [0.2, 0.25) is 15.0 Å². The number of halogens is 3. The van der Waals surface area contributed by atoms with Crippen LogP contribution in [0.5, 0.6) is 5.75 Å². The van der Waals surface area contributed by atoms with E-state index in [0.717, 1.165) is 0 Å². The summed E-state index contributed by atoms with van der Waals surface area (Å²) in [6, 6.07) is 5.90. The maximum Gasteiger partial charge on any atom is 0.387 e. The molecule has 2 rings (SSSR count). The van der Waals surface area contributed by atoms with E-state index in [2.05, 4.69) is 4.74 Å². The average molecular weight is 340 g/mol. The van der Waals surface area contributed by atoms with Gasteiger partial charge in [0.05, 0.1) is 0 Å². The van der Waals surface area contributed by atoms with Gasteiger partial charge in [-0.15, -0.1) is 0 Å². The van der Waals surface area contributed by atoms with E-state index in [1.54, 1.807) is 6.07 Å². The highest BCUT2D eigenvalue weighted by Gasteiger charge is 2.37. The Bertz CT molecular complexity index is 638. The van der Waals surface area contributed by atoms with E-state index >= 15 is 0 Å². The van der Waals surface area contributed by atoms with Gasteiger partial charge in [0.25, 0.3) is 0 Å². The van der Waals surface area contributed by atoms with Gasteiger partial charge in [0, 0.05) is 30.2 Å². The minimum absolute atomic E-state index is 0.00933. The zero-order valence-corrected chi connectivity index (χ0v) is 12.3. The zero-order chi connectivity index (χ0) is 15.6. The number of ether oxygens (including phenoxy) is 1. The normalized spacial score (nSPS) is 19.3. The predicted octanol–water partition coefficient (Wildman–Crippen LogP) is 1.96. The van der Waals surface area contributed by atoms with E-state index in [1.807, 2.05) is 0 Å². The molecule has 1 amide bonds. The molecule has 0 spiro atoms. The number of nitrogens with zero attached hydrogens (tertiary/aromatic N) is 1. The summed E-state index contributed by atoms with van der Waals surface area (Å²) in [5.41, 5.74) is 0.564. The highest BCUT2D eigenvalue weighted by Crippen LogP contribution is 2.24. The number of likely N-dealkylation sites (tertiary alicyclic amines) is 1. The monoisotopic (exact) mass is 339 g/mol. The minimum atomic E-state index is -3.80. The van der Waals surface area contributed by atoms with Crippen LogP contribution in [0.15, 0.2) is 24.3 Å². The number of benzene rings is 1. The Kier molecular flexibility index (Phi) is 4.67. The molecule has 21 heavy (non-hydrogen) atoms. The minimum Gasteiger partial charge on any atom is -0.435 e. The van der Waals surface area contributed by atoms with Gasteiger partial charge >= 0.3 is 6.61 Å². The molecule has 1 aromatic carbocycles. The molecule has 1 aromatic rings. The molecule has 9 heteroatoms. The Morgan fingerprint density at radius 1 is 1.43 bits per heavy atom. The molecule has 1 aliphatic rings. The van der Waals surface area contributed by atoms with E-state index in [-0.39, 0.29) is 31.2 Å². The third kappa shape index (κ3) is 4.28. The Hall–Kier alpha value is -1.41. The summed E-state index contributed by atoms with van der Waals surface area (Å²) in [7, 11) is 1.45. The second-order valence-electron chi connectivity index (χ2n) is 4.60. The molecule has 5 nitrogen and oxygen atoms in total. The van der Waals surface area contributed by atoms with Gasteiger partial charge in [0.15, 0.2) is 0 Å². The van der Waals surface area contributed by atoms with E-state index in [4.69, 9.17) is 10.7 Å². The van der Waals surface area contributed by atoms with Crippen molar-refractivity contribution in [3.8, 4) is 5.75 Å². The molecule has 0 aliphatic carbocycles. The van der Waals surface area contributed by atoms with Crippen LogP contribution in [0.1, 0.15) is 12.0 Å². The summed E-state index contributed by atoms with van der Waals surface area (Å²) in [5.74, 6) is -0.361. The third-order valence-electron chi connectivity index (χ3n) is 3.07. The summed E-state index contributed by atoms with van der Waals surface area (Å²) in [6.07, 6.45) is -0.168. The van der Waals surface area contributed by atoms with Crippen molar-refractivity contribution >= 4 is 25.6 Å². The quantitative estimate of drug-likeness (QED) is 0.769. The third-order valence-corrected chi connectivity index (χ3v) is 4.94. The standard InChI is InChI=1S/C12H12ClF2NO4S/c13-21(18,19)10-5-11(17)16(7-10)6-8-2-1-3-9(4-8)20-12(14)15/h1-4,10,12H,5-7H2. The predicted molar refractivity (Wildman–Crippen MR) is 71.7 cm³/mol. The molecule has 1 fully saturated rings. The summed E-state index contributed by atoms with van der Waals surface area (Å²) < 4.78 is 51.0. The van der Waals surface area contributed by atoms with Crippen molar-refractivity contribution in [2.75, 3.05) is 6.54 Å². The van der Waals surface area contributed by atoms with E-state index in [0.29, 0.717) is 5.56 Å². The van der Waals surface area contributed by atoms with Gasteiger partial charge in [-0.2, -0.15) is 8.78 Å². The topological polar surface area (TPSA) is 63.7 Å². The number of alkyl halides is 2. The number of rotatable bonds is 5. The van der Waals surface area contributed by atoms with Crippen molar-refractivity contribution in [3.63, 3.8) is 0 Å². The lowest BCUT2D eigenvalue weighted by molar-refractivity contribution is -0.128. The van der Waals surface area contributed by atoms with Crippen molar-refractivity contribution in [1.82, 2.24) is 4.90 Å². The number of amides is 1. The number of carbonyl (C=O) groups is 1. The Labute approximate surface area is 124 Å². The molecule has 0 aromatic heterocycles. The molecule has 1 heterocycles. The molecule has 1 aliphatic heterocycles. The Balaban J connectivity index is 2.07. The largest absolute Gasteiger partial charge is 0.435 e. The lowest BCUT2D eigenvalue weighted by atomic mass is 10.2. The van der Waals surface area contributed by atoms with Crippen LogP contribution in [-0.2, 0) is 20.4 Å². The average Bonchev–Trinajstić information content (AvgIpc) is 2.70. The molecule has 0 radical (unpaired) electrons. The first-order valence-electron chi connectivity index (χ1n) is 6.00. The van der Waals surface area contributed by atoms with Crippen LogP contribution in [-0.4, -0.2) is 37.6 Å². The van der Waals surface area contributed by atoms with Crippen LogP contribution in [0.2, 0.25) is 0 Å². The van der Waals surface area contributed by atoms with Gasteiger partial charge in [0.1, 0.15) is 11.0 Å². The second kappa shape index (κ2) is 6.15. The van der Waals surface area contributed by atoms with Crippen molar-refractivity contribution < 1.29 is 26.7 Å². The number of hydrogen-bond acceptors (Lipinski definition) is 4. The van der Waals surface area contributed by atoms with Gasteiger partial charge in [-0.25, -0.2) is 8.42 Å². The van der Waals surface area contributed by atoms with Gasteiger partial charge in [-0.05, 0) is 17.7 Å². The smallest absolute Gasteiger partial charge is 0.387 e. The second-order valence-corrected chi connectivity index (χ2v) is 7.51. The lowest BCUT2D eigenvalue weighted by Gasteiger charge is -2.16. The van der Waals surface area contributed by atoms with Gasteiger partial charge in [-0.1, -0.05) is 12.1 Å². The van der Waals surface area contributed by atoms with Crippen LogP contribution >= 0.6 is 10.7 Å². The number of hydrogen-bond donors (Lipinski definition) is 0. The molecular weight excluding hydrogens is 328 g/mol. The van der Waals surface area contributed by atoms with Crippen molar-refractivity contribution in [3.05, 3.63) is 29.8 Å². The molecule has 116 valence electrons. The van der Waals surface area contributed by atoms with Crippen LogP contribution in [0.4, 0.5) is 8.78 Å². The molecule has 1 unspecified atom stereocenters. The fourth-order valence-electron chi connectivity index (χ4n) is 2.12. The van der Waals surface area contributed by atoms with Crippen LogP contribution < -0.4 is 4.74 Å². The van der Waals surface area contributed by atoms with Gasteiger partial charge < -0.3 is 9.64 Å². The Morgan fingerprint density at radius 3 is 2.71 bits per heavy atom. The molecule has 0 saturated carbocycles. The van der Waals surface area contributed by atoms with Gasteiger partial charge in [-0.3, -0.25) is 4.79 Å². The van der Waals surface area contributed by atoms with Crippen LogP contribution in [0.3, 0.4) is 0 Å². The molecule has 0 N–H and O–H groups in total. The molecule has 1 saturated heterocycles. The van der Waals surface area contributed by atoms with Crippen molar-refractivity contribution in [2.45, 2.75) is 24.8 Å². The number of carbonyl (C=O) groups excluding carboxylic acids is 1. The summed E-state index contributed by atoms with van der Waals surface area (Å²) in [5, 5.41) is -0.938. The fourth-order valence-corrected chi connectivity index (χ4v) is 3.18. The summed E-state index contributed by atoms with van der Waals surface area (Å²) >= 11 is 0. The summed E-state index contributed by atoms with van der Waals surface area (Å²) in [4.78, 5) is 13.1. The highest BCUT2D eigenvalue weighted by molar-refractivity contribution is 8.14. The van der Waals surface area contributed by atoms with Crippen molar-refractivity contribution in [2.24, 2.45) is 0 Å². The van der Waals surface area contributed by atoms with Crippen LogP contribution in [0.25, 0.3) is 0 Å². The van der Waals surface area contributed by atoms with E-state index in [1.165, 1.54) is 23.1 Å². The summed E-state index contributed by atoms with van der Waals surface area (Å²) in [6.45, 7) is -2.83. The van der Waals surface area contributed by atoms with Crippen LogP contribution in [0, 0.1) is 0 Å². The first-order valence-corrected chi connectivity index (χ1v) is 8.38. The Morgan fingerprint density at radius 2 is 2.14 bits per heavy atom. The SMILES string of the molecule is O=C1CC(S(=O)(=O)Cl)CN1Cc1cccc(OC(F)F)c1. The highest BCUT2D eigenvalue weighted by atomic mass is 35.7. The van der Waals surface area contributed by atoms with Crippen molar-refractivity contribution in [1.29, 1.82) is 0 Å². The molecule has 1 atom stereocenters.